The predicted octanol–water partition coefficient (Wildman–Crippen LogP) is 0.287. The van der Waals surface area contributed by atoms with E-state index < -0.39 is 0 Å². The van der Waals surface area contributed by atoms with Crippen molar-refractivity contribution in [2.45, 2.75) is 13.0 Å². The smallest absolute Gasteiger partial charge is 0.268 e. The van der Waals surface area contributed by atoms with E-state index in [1.165, 1.54) is 0 Å². The van der Waals surface area contributed by atoms with Crippen LogP contribution in [0, 0.1) is 0 Å². The SMILES string of the molecule is CC(CN(C)C)NC(=O)c1cc(N)cn1C. The molecule has 0 spiro atoms. The summed E-state index contributed by atoms with van der Waals surface area (Å²) in [5, 5.41) is 2.92. The zero-order chi connectivity index (χ0) is 12.3. The van der Waals surface area contributed by atoms with Crippen LogP contribution in [-0.4, -0.2) is 42.1 Å². The molecule has 5 nitrogen and oxygen atoms in total. The monoisotopic (exact) mass is 224 g/mol. The first-order chi connectivity index (χ1) is 7.40. The molecule has 0 fully saturated rings. The highest BCUT2D eigenvalue weighted by molar-refractivity contribution is 5.93. The minimum absolute atomic E-state index is 0.0893. The third-order valence-electron chi connectivity index (χ3n) is 2.28. The maximum absolute atomic E-state index is 11.9. The van der Waals surface area contributed by atoms with Crippen LogP contribution in [0.2, 0.25) is 0 Å². The summed E-state index contributed by atoms with van der Waals surface area (Å²) in [5.74, 6) is -0.0893. The number of nitrogens with one attached hydrogen (secondary N) is 1. The van der Waals surface area contributed by atoms with Gasteiger partial charge in [0, 0.05) is 25.8 Å². The number of amides is 1. The minimum Gasteiger partial charge on any atom is -0.397 e. The van der Waals surface area contributed by atoms with Crippen LogP contribution in [0.1, 0.15) is 17.4 Å². The van der Waals surface area contributed by atoms with Crippen molar-refractivity contribution in [1.82, 2.24) is 14.8 Å². The van der Waals surface area contributed by atoms with Crippen LogP contribution in [0.5, 0.6) is 0 Å². The molecule has 1 aromatic heterocycles. The number of nitrogens with zero attached hydrogens (tertiary/aromatic N) is 2. The zero-order valence-electron chi connectivity index (χ0n) is 10.3. The highest BCUT2D eigenvalue weighted by atomic mass is 16.2. The Hall–Kier alpha value is -1.49. The summed E-state index contributed by atoms with van der Waals surface area (Å²) >= 11 is 0. The number of hydrogen-bond acceptors (Lipinski definition) is 3. The quantitative estimate of drug-likeness (QED) is 0.772. The van der Waals surface area contributed by atoms with Crippen LogP contribution in [0.4, 0.5) is 5.69 Å². The van der Waals surface area contributed by atoms with Crippen molar-refractivity contribution in [3.63, 3.8) is 0 Å². The van der Waals surface area contributed by atoms with Gasteiger partial charge in [-0.3, -0.25) is 4.79 Å². The molecule has 0 aliphatic carbocycles. The van der Waals surface area contributed by atoms with E-state index in [9.17, 15) is 4.79 Å². The van der Waals surface area contributed by atoms with Gasteiger partial charge in [0.05, 0.1) is 5.69 Å². The molecule has 0 radical (unpaired) electrons. The van der Waals surface area contributed by atoms with Crippen molar-refractivity contribution >= 4 is 11.6 Å². The van der Waals surface area contributed by atoms with E-state index in [2.05, 4.69) is 5.32 Å². The summed E-state index contributed by atoms with van der Waals surface area (Å²) in [6, 6.07) is 1.79. The second-order valence-corrected chi connectivity index (χ2v) is 4.41. The van der Waals surface area contributed by atoms with Gasteiger partial charge in [-0.15, -0.1) is 0 Å². The fourth-order valence-corrected chi connectivity index (χ4v) is 1.71. The summed E-state index contributed by atoms with van der Waals surface area (Å²) in [6.45, 7) is 2.79. The average molecular weight is 224 g/mol. The van der Waals surface area contributed by atoms with E-state index in [1.807, 2.05) is 33.0 Å². The van der Waals surface area contributed by atoms with Gasteiger partial charge in [-0.2, -0.15) is 0 Å². The average Bonchev–Trinajstić information content (AvgIpc) is 2.43. The molecule has 0 aromatic carbocycles. The predicted molar refractivity (Wildman–Crippen MR) is 65.3 cm³/mol. The van der Waals surface area contributed by atoms with E-state index in [4.69, 9.17) is 5.73 Å². The summed E-state index contributed by atoms with van der Waals surface area (Å²) in [4.78, 5) is 13.9. The first-order valence-electron chi connectivity index (χ1n) is 5.27. The van der Waals surface area contributed by atoms with Gasteiger partial charge in [0.2, 0.25) is 0 Å². The molecule has 0 saturated heterocycles. The van der Waals surface area contributed by atoms with Crippen molar-refractivity contribution in [1.29, 1.82) is 0 Å². The van der Waals surface area contributed by atoms with Gasteiger partial charge >= 0.3 is 0 Å². The van der Waals surface area contributed by atoms with Gasteiger partial charge in [0.15, 0.2) is 0 Å². The molecule has 90 valence electrons. The number of likely N-dealkylation sites (N-methyl/N-ethyl adjacent to an activating group) is 1. The first kappa shape index (κ1) is 12.6. The van der Waals surface area contributed by atoms with E-state index in [0.29, 0.717) is 11.4 Å². The Morgan fingerprint density at radius 2 is 2.25 bits per heavy atom. The second kappa shape index (κ2) is 5.03. The van der Waals surface area contributed by atoms with Crippen LogP contribution in [0.3, 0.4) is 0 Å². The largest absolute Gasteiger partial charge is 0.397 e. The first-order valence-corrected chi connectivity index (χ1v) is 5.27. The van der Waals surface area contributed by atoms with Gasteiger partial charge in [-0.05, 0) is 27.1 Å². The number of aromatic nitrogens is 1. The summed E-state index contributed by atoms with van der Waals surface area (Å²) in [6.07, 6.45) is 1.73. The third kappa shape index (κ3) is 3.27. The van der Waals surface area contributed by atoms with Gasteiger partial charge in [-0.1, -0.05) is 0 Å². The van der Waals surface area contributed by atoms with Gasteiger partial charge in [0.1, 0.15) is 5.69 Å². The lowest BCUT2D eigenvalue weighted by Gasteiger charge is -2.18. The van der Waals surface area contributed by atoms with Crippen molar-refractivity contribution in [2.75, 3.05) is 26.4 Å². The Bertz CT molecular complexity index is 370. The highest BCUT2D eigenvalue weighted by Gasteiger charge is 2.13. The lowest BCUT2D eigenvalue weighted by atomic mass is 10.3. The van der Waals surface area contributed by atoms with Crippen LogP contribution in [-0.2, 0) is 7.05 Å². The molecule has 1 aromatic rings. The van der Waals surface area contributed by atoms with Crippen molar-refractivity contribution < 1.29 is 4.79 Å². The van der Waals surface area contributed by atoms with Gasteiger partial charge in [-0.25, -0.2) is 0 Å². The lowest BCUT2D eigenvalue weighted by molar-refractivity contribution is 0.0926. The van der Waals surface area contributed by atoms with E-state index >= 15 is 0 Å². The Balaban J connectivity index is 2.62. The third-order valence-corrected chi connectivity index (χ3v) is 2.28. The van der Waals surface area contributed by atoms with Gasteiger partial charge < -0.3 is 20.5 Å². The number of nitrogens with two attached hydrogens (primary N) is 1. The van der Waals surface area contributed by atoms with Crippen LogP contribution in [0.15, 0.2) is 12.3 Å². The van der Waals surface area contributed by atoms with Crippen LogP contribution < -0.4 is 11.1 Å². The number of rotatable bonds is 4. The molecular formula is C11H20N4O. The number of nitrogen functional groups attached to an aromatic ring is 1. The van der Waals surface area contributed by atoms with Crippen LogP contribution >= 0.6 is 0 Å². The van der Waals surface area contributed by atoms with E-state index in [-0.39, 0.29) is 11.9 Å². The van der Waals surface area contributed by atoms with Crippen molar-refractivity contribution in [3.05, 3.63) is 18.0 Å². The molecule has 0 saturated carbocycles. The normalized spacial score (nSPS) is 12.8. The maximum atomic E-state index is 11.9. The Kier molecular flexibility index (Phi) is 3.95. The Morgan fingerprint density at radius 3 is 2.69 bits per heavy atom. The maximum Gasteiger partial charge on any atom is 0.268 e. The highest BCUT2D eigenvalue weighted by Crippen LogP contribution is 2.08. The molecule has 1 unspecified atom stereocenters. The molecular weight excluding hydrogens is 204 g/mol. The summed E-state index contributed by atoms with van der Waals surface area (Å²) < 4.78 is 1.73. The fraction of sp³-hybridized carbons (Fsp3) is 0.545. The molecule has 3 N–H and O–H groups in total. The number of carbonyl (C=O) groups excluding carboxylic acids is 1. The van der Waals surface area contributed by atoms with Crippen molar-refractivity contribution in [2.24, 2.45) is 7.05 Å². The number of aryl methyl sites for hydroxylation is 1. The summed E-state index contributed by atoms with van der Waals surface area (Å²) in [5.41, 5.74) is 6.81. The van der Waals surface area contributed by atoms with Crippen molar-refractivity contribution in [3.8, 4) is 0 Å². The lowest BCUT2D eigenvalue weighted by Crippen LogP contribution is -2.40. The standard InChI is InChI=1S/C11H20N4O/c1-8(6-14(2)3)13-11(16)10-5-9(12)7-15(10)4/h5,7-8H,6,12H2,1-4H3,(H,13,16). The molecule has 16 heavy (non-hydrogen) atoms. The Labute approximate surface area is 96.2 Å². The molecule has 1 amide bonds. The Morgan fingerprint density at radius 1 is 1.62 bits per heavy atom. The topological polar surface area (TPSA) is 63.3 Å². The number of hydrogen-bond donors (Lipinski definition) is 2. The van der Waals surface area contributed by atoms with Crippen LogP contribution in [0.25, 0.3) is 0 Å². The molecule has 5 heteroatoms. The number of carbonyl (C=O) groups is 1. The summed E-state index contributed by atoms with van der Waals surface area (Å²) in [7, 11) is 5.76. The second-order valence-electron chi connectivity index (χ2n) is 4.41. The molecule has 0 bridgehead atoms. The minimum atomic E-state index is -0.0893. The molecule has 0 aliphatic heterocycles. The fourth-order valence-electron chi connectivity index (χ4n) is 1.71. The molecule has 1 rings (SSSR count). The van der Waals surface area contributed by atoms with E-state index in [0.717, 1.165) is 6.54 Å². The van der Waals surface area contributed by atoms with Gasteiger partial charge in [0.25, 0.3) is 5.91 Å². The molecule has 1 atom stereocenters. The molecule has 1 heterocycles. The van der Waals surface area contributed by atoms with E-state index in [1.54, 1.807) is 16.8 Å². The number of anilines is 1. The molecule has 0 aliphatic rings. The zero-order valence-corrected chi connectivity index (χ0v) is 10.3.